The molecule has 3 rings (SSSR count). The third kappa shape index (κ3) is 4.71. The summed E-state index contributed by atoms with van der Waals surface area (Å²) in [6, 6.07) is 14.8. The lowest BCUT2D eigenvalue weighted by Gasteiger charge is -2.28. The van der Waals surface area contributed by atoms with E-state index in [4.69, 9.17) is 9.47 Å². The van der Waals surface area contributed by atoms with Crippen LogP contribution in [0.5, 0.6) is 5.75 Å². The van der Waals surface area contributed by atoms with E-state index in [0.29, 0.717) is 11.3 Å². The van der Waals surface area contributed by atoms with Gasteiger partial charge in [0.05, 0.1) is 19.8 Å². The summed E-state index contributed by atoms with van der Waals surface area (Å²) in [6.07, 6.45) is 0. The predicted molar refractivity (Wildman–Crippen MR) is 96.0 cm³/mol. The van der Waals surface area contributed by atoms with Gasteiger partial charge in [-0.2, -0.15) is 0 Å². The van der Waals surface area contributed by atoms with Gasteiger partial charge in [0.2, 0.25) is 0 Å². The molecule has 1 amide bonds. The van der Waals surface area contributed by atoms with Crippen molar-refractivity contribution in [3.63, 3.8) is 0 Å². The van der Waals surface area contributed by atoms with Crippen LogP contribution in [0.4, 0.5) is 11.4 Å². The highest BCUT2D eigenvalue weighted by Gasteiger charge is 2.11. The lowest BCUT2D eigenvalue weighted by atomic mass is 10.2. The zero-order valence-corrected chi connectivity index (χ0v) is 14.0. The molecule has 0 aromatic heterocycles. The van der Waals surface area contributed by atoms with Crippen LogP contribution in [-0.4, -0.2) is 43.9 Å². The summed E-state index contributed by atoms with van der Waals surface area (Å²) < 4.78 is 10.8. The summed E-state index contributed by atoms with van der Waals surface area (Å²) in [5.41, 5.74) is 2.50. The maximum atomic E-state index is 12.0. The molecule has 0 unspecified atom stereocenters. The number of morpholine rings is 1. The van der Waals surface area contributed by atoms with E-state index in [2.05, 4.69) is 10.2 Å². The van der Waals surface area contributed by atoms with Gasteiger partial charge in [0, 0.05) is 30.0 Å². The Labute approximate surface area is 147 Å². The Morgan fingerprint density at radius 2 is 1.84 bits per heavy atom. The molecule has 0 spiro atoms. The number of hydrogen-bond donors (Lipinski definition) is 2. The van der Waals surface area contributed by atoms with Gasteiger partial charge < -0.3 is 24.8 Å². The Balaban J connectivity index is 1.52. The molecule has 1 heterocycles. The SMILES string of the molecule is O=C(COc1ccccc1CO)Nc1ccc(N2CCOCC2)cc1. The first kappa shape index (κ1) is 17.3. The highest BCUT2D eigenvalue weighted by molar-refractivity contribution is 5.92. The van der Waals surface area contributed by atoms with Gasteiger partial charge in [0.1, 0.15) is 5.75 Å². The largest absolute Gasteiger partial charge is 0.483 e. The molecule has 2 N–H and O–H groups in total. The van der Waals surface area contributed by atoms with E-state index in [1.54, 1.807) is 18.2 Å². The van der Waals surface area contributed by atoms with Crippen LogP contribution in [0.1, 0.15) is 5.56 Å². The van der Waals surface area contributed by atoms with Gasteiger partial charge in [-0.3, -0.25) is 4.79 Å². The van der Waals surface area contributed by atoms with Crippen molar-refractivity contribution in [1.29, 1.82) is 0 Å². The van der Waals surface area contributed by atoms with Gasteiger partial charge in [-0.15, -0.1) is 0 Å². The van der Waals surface area contributed by atoms with Crippen molar-refractivity contribution in [2.75, 3.05) is 43.1 Å². The number of anilines is 2. The van der Waals surface area contributed by atoms with Crippen LogP contribution >= 0.6 is 0 Å². The molecule has 1 saturated heterocycles. The van der Waals surface area contributed by atoms with Crippen LogP contribution in [0.2, 0.25) is 0 Å². The van der Waals surface area contributed by atoms with E-state index in [-0.39, 0.29) is 19.1 Å². The second-order valence-electron chi connectivity index (χ2n) is 5.75. The number of aliphatic hydroxyl groups is 1. The highest BCUT2D eigenvalue weighted by atomic mass is 16.5. The maximum absolute atomic E-state index is 12.0. The van der Waals surface area contributed by atoms with E-state index in [9.17, 15) is 9.90 Å². The van der Waals surface area contributed by atoms with Gasteiger partial charge in [-0.1, -0.05) is 18.2 Å². The summed E-state index contributed by atoms with van der Waals surface area (Å²) in [6.45, 7) is 3.01. The average Bonchev–Trinajstić information content (AvgIpc) is 2.68. The number of ether oxygens (including phenoxy) is 2. The molecule has 0 atom stereocenters. The molecule has 1 aliphatic heterocycles. The van der Waals surface area contributed by atoms with Crippen LogP contribution in [0.25, 0.3) is 0 Å². The Hall–Kier alpha value is -2.57. The van der Waals surface area contributed by atoms with Gasteiger partial charge in [-0.05, 0) is 30.3 Å². The number of hydrogen-bond acceptors (Lipinski definition) is 5. The molecular weight excluding hydrogens is 320 g/mol. The van der Waals surface area contributed by atoms with E-state index < -0.39 is 0 Å². The van der Waals surface area contributed by atoms with Crippen LogP contribution in [0.15, 0.2) is 48.5 Å². The second-order valence-corrected chi connectivity index (χ2v) is 5.75. The fourth-order valence-corrected chi connectivity index (χ4v) is 2.69. The summed E-state index contributed by atoms with van der Waals surface area (Å²) in [7, 11) is 0. The molecular formula is C19H22N2O4. The Morgan fingerprint density at radius 3 is 2.56 bits per heavy atom. The number of carbonyl (C=O) groups excluding carboxylic acids is 1. The third-order valence-electron chi connectivity index (χ3n) is 4.03. The third-order valence-corrected chi connectivity index (χ3v) is 4.03. The Kier molecular flexibility index (Phi) is 5.87. The first-order valence-electron chi connectivity index (χ1n) is 8.30. The van der Waals surface area contributed by atoms with Crippen molar-refractivity contribution in [1.82, 2.24) is 0 Å². The van der Waals surface area contributed by atoms with Crippen molar-refractivity contribution in [3.8, 4) is 5.75 Å². The first-order chi connectivity index (χ1) is 12.3. The smallest absolute Gasteiger partial charge is 0.262 e. The maximum Gasteiger partial charge on any atom is 0.262 e. The van der Waals surface area contributed by atoms with Crippen molar-refractivity contribution in [2.24, 2.45) is 0 Å². The zero-order chi connectivity index (χ0) is 17.5. The molecule has 25 heavy (non-hydrogen) atoms. The van der Waals surface area contributed by atoms with Crippen molar-refractivity contribution in [2.45, 2.75) is 6.61 Å². The summed E-state index contributed by atoms with van der Waals surface area (Å²) in [4.78, 5) is 14.3. The zero-order valence-electron chi connectivity index (χ0n) is 14.0. The van der Waals surface area contributed by atoms with Crippen LogP contribution < -0.4 is 15.0 Å². The molecule has 6 heteroatoms. The van der Waals surface area contributed by atoms with Gasteiger partial charge in [0.15, 0.2) is 6.61 Å². The normalized spacial score (nSPS) is 14.2. The van der Waals surface area contributed by atoms with E-state index >= 15 is 0 Å². The summed E-state index contributed by atoms with van der Waals surface area (Å²) in [5, 5.41) is 12.1. The lowest BCUT2D eigenvalue weighted by Crippen LogP contribution is -2.36. The number of para-hydroxylation sites is 1. The van der Waals surface area contributed by atoms with Gasteiger partial charge in [0.25, 0.3) is 5.91 Å². The topological polar surface area (TPSA) is 71.0 Å². The average molecular weight is 342 g/mol. The number of carbonyl (C=O) groups is 1. The highest BCUT2D eigenvalue weighted by Crippen LogP contribution is 2.20. The Bertz CT molecular complexity index is 697. The number of nitrogens with one attached hydrogen (secondary N) is 1. The number of benzene rings is 2. The minimum atomic E-state index is -0.244. The molecule has 1 fully saturated rings. The number of aliphatic hydroxyl groups excluding tert-OH is 1. The minimum absolute atomic E-state index is 0.109. The van der Waals surface area contributed by atoms with Crippen molar-refractivity contribution < 1.29 is 19.4 Å². The van der Waals surface area contributed by atoms with Crippen LogP contribution in [0.3, 0.4) is 0 Å². The van der Waals surface area contributed by atoms with Crippen LogP contribution in [0, 0.1) is 0 Å². The molecule has 0 aliphatic carbocycles. The van der Waals surface area contributed by atoms with Gasteiger partial charge in [-0.25, -0.2) is 0 Å². The minimum Gasteiger partial charge on any atom is -0.483 e. The molecule has 1 aliphatic rings. The van der Waals surface area contributed by atoms with Gasteiger partial charge >= 0.3 is 0 Å². The predicted octanol–water partition coefficient (Wildman–Crippen LogP) is 2.03. The molecule has 0 saturated carbocycles. The van der Waals surface area contributed by atoms with E-state index in [1.807, 2.05) is 30.3 Å². The molecule has 0 bridgehead atoms. The summed E-state index contributed by atoms with van der Waals surface area (Å²) in [5.74, 6) is 0.273. The standard InChI is InChI=1S/C19H22N2O4/c22-13-15-3-1-2-4-18(15)25-14-19(23)20-16-5-7-17(8-6-16)21-9-11-24-12-10-21/h1-8,22H,9-14H2,(H,20,23). The number of nitrogens with zero attached hydrogens (tertiary/aromatic N) is 1. The Morgan fingerprint density at radius 1 is 1.12 bits per heavy atom. The molecule has 132 valence electrons. The monoisotopic (exact) mass is 342 g/mol. The summed E-state index contributed by atoms with van der Waals surface area (Å²) >= 11 is 0. The van der Waals surface area contributed by atoms with Crippen molar-refractivity contribution in [3.05, 3.63) is 54.1 Å². The molecule has 2 aromatic carbocycles. The van der Waals surface area contributed by atoms with E-state index in [0.717, 1.165) is 37.7 Å². The molecule has 2 aromatic rings. The fourth-order valence-electron chi connectivity index (χ4n) is 2.69. The molecule has 0 radical (unpaired) electrons. The number of amides is 1. The first-order valence-corrected chi connectivity index (χ1v) is 8.30. The lowest BCUT2D eigenvalue weighted by molar-refractivity contribution is -0.118. The second kappa shape index (κ2) is 8.50. The fraction of sp³-hybridized carbons (Fsp3) is 0.316. The number of rotatable bonds is 6. The quantitative estimate of drug-likeness (QED) is 0.841. The van der Waals surface area contributed by atoms with Crippen LogP contribution in [-0.2, 0) is 16.1 Å². The van der Waals surface area contributed by atoms with Crippen molar-refractivity contribution >= 4 is 17.3 Å². The molecule has 6 nitrogen and oxygen atoms in total. The van der Waals surface area contributed by atoms with E-state index in [1.165, 1.54) is 0 Å².